The number of fused-ring (bicyclic) bond motifs is 5. The molecule has 3 aromatic heterocycles. The highest BCUT2D eigenvalue weighted by Gasteiger charge is 2.25. The van der Waals surface area contributed by atoms with Crippen molar-refractivity contribution in [2.24, 2.45) is 0 Å². The summed E-state index contributed by atoms with van der Waals surface area (Å²) >= 11 is 0. The summed E-state index contributed by atoms with van der Waals surface area (Å²) in [6, 6.07) is 34.4. The molecule has 8 aromatic rings. The molecular weight excluding hydrogens is 442 g/mol. The molecule has 0 amide bonds. The predicted octanol–water partition coefficient (Wildman–Crippen LogP) is 7.18. The standard InChI is InChI=1S/C31H17N5/c1-2-14-24-23(13-1)33-31-34-30(32-17-35(24)31)36-25-15-5-11-21-19-9-3-7-18-8-4-10-20(27(18)19)22-12-6-16-26(36)29(22)28(21)25/h1-17H. The second-order valence-corrected chi connectivity index (χ2v) is 9.37. The fraction of sp³-hybridized carbons (Fsp3) is 0. The Labute approximate surface area is 204 Å². The molecule has 1 aliphatic rings. The van der Waals surface area contributed by atoms with Crippen LogP contribution in [-0.2, 0) is 0 Å². The van der Waals surface area contributed by atoms with E-state index >= 15 is 0 Å². The molecule has 0 bridgehead atoms. The molecule has 1 aliphatic carbocycles. The molecular formula is C31H17N5. The van der Waals surface area contributed by atoms with Crippen LogP contribution in [-0.4, -0.2) is 23.9 Å². The summed E-state index contributed by atoms with van der Waals surface area (Å²) in [7, 11) is 0. The SMILES string of the molecule is c1cc2c3c(cccc3c1)-c1cccc3c1c1c-2cccc1n3-c1ncn2c(n1)nc1ccccc12. The van der Waals surface area contributed by atoms with Gasteiger partial charge in [-0.2, -0.15) is 4.98 Å². The van der Waals surface area contributed by atoms with E-state index in [1.807, 2.05) is 35.0 Å². The fourth-order valence-electron chi connectivity index (χ4n) is 6.12. The van der Waals surface area contributed by atoms with E-state index < -0.39 is 0 Å². The van der Waals surface area contributed by atoms with Gasteiger partial charge in [0.05, 0.1) is 22.1 Å². The van der Waals surface area contributed by atoms with E-state index in [0.717, 1.165) is 22.1 Å². The molecule has 0 N–H and O–H groups in total. The first-order valence-electron chi connectivity index (χ1n) is 12.1. The normalized spacial score (nSPS) is 12.4. The van der Waals surface area contributed by atoms with Gasteiger partial charge < -0.3 is 0 Å². The van der Waals surface area contributed by atoms with Gasteiger partial charge in [0.1, 0.15) is 6.33 Å². The summed E-state index contributed by atoms with van der Waals surface area (Å²) in [6.45, 7) is 0. The first-order chi connectivity index (χ1) is 17.9. The van der Waals surface area contributed by atoms with Crippen LogP contribution in [0.2, 0.25) is 0 Å². The molecule has 0 spiro atoms. The highest BCUT2D eigenvalue weighted by atomic mass is 15.2. The van der Waals surface area contributed by atoms with Gasteiger partial charge in [-0.25, -0.2) is 9.97 Å². The van der Waals surface area contributed by atoms with Crippen LogP contribution in [0.15, 0.2) is 103 Å². The van der Waals surface area contributed by atoms with Gasteiger partial charge in [-0.1, -0.05) is 72.8 Å². The maximum Gasteiger partial charge on any atom is 0.239 e. The Morgan fingerprint density at radius 2 is 1.08 bits per heavy atom. The molecule has 0 radical (unpaired) electrons. The summed E-state index contributed by atoms with van der Waals surface area (Å²) in [4.78, 5) is 14.5. The molecule has 5 heteroatoms. The third-order valence-corrected chi connectivity index (χ3v) is 7.57. The minimum atomic E-state index is 0.624. The second-order valence-electron chi connectivity index (χ2n) is 9.37. The molecule has 3 heterocycles. The first kappa shape index (κ1) is 18.3. The van der Waals surface area contributed by atoms with Crippen molar-refractivity contribution >= 4 is 49.4 Å². The maximum absolute atomic E-state index is 4.95. The van der Waals surface area contributed by atoms with Crippen molar-refractivity contribution in [2.45, 2.75) is 0 Å². The van der Waals surface area contributed by atoms with Gasteiger partial charge in [0, 0.05) is 10.8 Å². The van der Waals surface area contributed by atoms with Crippen molar-refractivity contribution in [1.82, 2.24) is 23.9 Å². The van der Waals surface area contributed by atoms with Gasteiger partial charge in [0.15, 0.2) is 0 Å². The van der Waals surface area contributed by atoms with E-state index in [1.165, 1.54) is 43.8 Å². The summed E-state index contributed by atoms with van der Waals surface area (Å²) in [5, 5.41) is 5.05. The van der Waals surface area contributed by atoms with Crippen LogP contribution in [0.25, 0.3) is 77.6 Å². The summed E-state index contributed by atoms with van der Waals surface area (Å²) in [5.74, 6) is 1.27. The predicted molar refractivity (Wildman–Crippen MR) is 145 cm³/mol. The lowest BCUT2D eigenvalue weighted by Crippen LogP contribution is -2.03. The third kappa shape index (κ3) is 2.14. The Morgan fingerprint density at radius 1 is 0.500 bits per heavy atom. The van der Waals surface area contributed by atoms with Gasteiger partial charge in [-0.3, -0.25) is 8.97 Å². The van der Waals surface area contributed by atoms with E-state index in [2.05, 4.69) is 77.4 Å². The quantitative estimate of drug-likeness (QED) is 0.261. The molecule has 5 nitrogen and oxygen atoms in total. The topological polar surface area (TPSA) is 48.0 Å². The second kappa shape index (κ2) is 6.34. The van der Waals surface area contributed by atoms with E-state index in [4.69, 9.17) is 15.0 Å². The summed E-state index contributed by atoms with van der Waals surface area (Å²) in [6.07, 6.45) is 1.83. The average molecular weight is 460 g/mol. The number of rotatable bonds is 1. The van der Waals surface area contributed by atoms with Crippen molar-refractivity contribution in [3.63, 3.8) is 0 Å². The Balaban J connectivity index is 1.46. The van der Waals surface area contributed by atoms with Gasteiger partial charge in [0.2, 0.25) is 11.7 Å². The van der Waals surface area contributed by atoms with Crippen LogP contribution < -0.4 is 0 Å². The molecule has 0 unspecified atom stereocenters. The molecule has 0 atom stereocenters. The number of aromatic nitrogens is 5. The van der Waals surface area contributed by atoms with Gasteiger partial charge in [-0.05, 0) is 57.3 Å². The molecule has 166 valence electrons. The number of benzene rings is 5. The Kier molecular flexibility index (Phi) is 3.23. The largest absolute Gasteiger partial charge is 0.278 e. The van der Waals surface area contributed by atoms with Crippen molar-refractivity contribution in [1.29, 1.82) is 0 Å². The summed E-state index contributed by atoms with van der Waals surface area (Å²) < 4.78 is 4.13. The van der Waals surface area contributed by atoms with Crippen LogP contribution in [0.4, 0.5) is 0 Å². The van der Waals surface area contributed by atoms with Crippen molar-refractivity contribution in [3.05, 3.63) is 103 Å². The molecule has 0 aliphatic heterocycles. The van der Waals surface area contributed by atoms with Crippen molar-refractivity contribution in [2.75, 3.05) is 0 Å². The molecule has 5 aromatic carbocycles. The monoisotopic (exact) mass is 459 g/mol. The van der Waals surface area contributed by atoms with Gasteiger partial charge in [-0.15, -0.1) is 0 Å². The van der Waals surface area contributed by atoms with E-state index in [9.17, 15) is 0 Å². The molecule has 0 saturated heterocycles. The Hall–Kier alpha value is -5.03. The maximum atomic E-state index is 4.95. The molecule has 36 heavy (non-hydrogen) atoms. The lowest BCUT2D eigenvalue weighted by Gasteiger charge is -2.12. The van der Waals surface area contributed by atoms with E-state index in [-0.39, 0.29) is 0 Å². The van der Waals surface area contributed by atoms with Crippen molar-refractivity contribution in [3.8, 4) is 28.2 Å². The Morgan fingerprint density at radius 3 is 1.78 bits per heavy atom. The van der Waals surface area contributed by atoms with Crippen molar-refractivity contribution < 1.29 is 0 Å². The van der Waals surface area contributed by atoms with Gasteiger partial charge >= 0.3 is 0 Å². The minimum Gasteiger partial charge on any atom is -0.278 e. The Bertz CT molecular complexity index is 2120. The average Bonchev–Trinajstić information content (AvgIpc) is 3.43. The number of imidazole rings is 1. The van der Waals surface area contributed by atoms with E-state index in [1.54, 1.807) is 0 Å². The highest BCUT2D eigenvalue weighted by molar-refractivity contribution is 6.26. The lowest BCUT2D eigenvalue weighted by atomic mass is 9.93. The highest BCUT2D eigenvalue weighted by Crippen LogP contribution is 2.49. The van der Waals surface area contributed by atoms with Crippen LogP contribution in [0.3, 0.4) is 0 Å². The van der Waals surface area contributed by atoms with E-state index in [0.29, 0.717) is 11.7 Å². The number of nitrogens with zero attached hydrogens (tertiary/aromatic N) is 5. The fourth-order valence-corrected chi connectivity index (χ4v) is 6.12. The molecule has 0 fully saturated rings. The molecule has 0 saturated carbocycles. The number of para-hydroxylation sites is 2. The van der Waals surface area contributed by atoms with Crippen LogP contribution in [0, 0.1) is 0 Å². The van der Waals surface area contributed by atoms with Crippen LogP contribution in [0.1, 0.15) is 0 Å². The van der Waals surface area contributed by atoms with Crippen LogP contribution in [0.5, 0.6) is 0 Å². The van der Waals surface area contributed by atoms with Gasteiger partial charge in [0.25, 0.3) is 0 Å². The zero-order chi connectivity index (χ0) is 23.4. The number of hydrogen-bond acceptors (Lipinski definition) is 3. The smallest absolute Gasteiger partial charge is 0.239 e. The van der Waals surface area contributed by atoms with Crippen LogP contribution >= 0.6 is 0 Å². The first-order valence-corrected chi connectivity index (χ1v) is 12.1. The number of hydrogen-bond donors (Lipinski definition) is 0. The minimum absolute atomic E-state index is 0.624. The lowest BCUT2D eigenvalue weighted by molar-refractivity contribution is 0.938. The zero-order valence-electron chi connectivity index (χ0n) is 19.1. The summed E-state index contributed by atoms with van der Waals surface area (Å²) in [5.41, 5.74) is 9.12. The molecule has 9 rings (SSSR count). The third-order valence-electron chi connectivity index (χ3n) is 7.57. The zero-order valence-corrected chi connectivity index (χ0v) is 19.1.